The van der Waals surface area contributed by atoms with Gasteiger partial charge in [0.15, 0.2) is 0 Å². The highest BCUT2D eigenvalue weighted by Gasteiger charge is 2.19. The third-order valence-electron chi connectivity index (χ3n) is 3.90. The molecule has 1 aromatic rings. The van der Waals surface area contributed by atoms with Crippen LogP contribution in [-0.2, 0) is 0 Å². The minimum atomic E-state index is 0.720. The number of rotatable bonds is 5. The van der Waals surface area contributed by atoms with E-state index in [-0.39, 0.29) is 0 Å². The van der Waals surface area contributed by atoms with Crippen LogP contribution in [0, 0.1) is 11.3 Å². The monoisotopic (exact) mass is 288 g/mol. The summed E-state index contributed by atoms with van der Waals surface area (Å²) in [6.07, 6.45) is 0. The molecule has 0 unspecified atom stereocenters. The molecule has 0 atom stereocenters. The molecule has 1 aliphatic heterocycles. The van der Waals surface area contributed by atoms with Gasteiger partial charge in [-0.2, -0.15) is 5.26 Å². The summed E-state index contributed by atoms with van der Waals surface area (Å²) in [6, 6.07) is 7.93. The minimum Gasteiger partial charge on any atom is -0.497 e. The largest absolute Gasteiger partial charge is 0.497 e. The van der Waals surface area contributed by atoms with Gasteiger partial charge in [0.05, 0.1) is 18.4 Å². The second-order valence-electron chi connectivity index (χ2n) is 5.63. The summed E-state index contributed by atoms with van der Waals surface area (Å²) in [5.74, 6) is 0.805. The smallest absolute Gasteiger partial charge is 0.121 e. The Morgan fingerprint density at radius 1 is 1.24 bits per heavy atom. The standard InChI is InChI=1S/C16H24N4O/c1-18(2)6-7-19-8-10-20(11-9-19)16-12-15(21-3)5-4-14(16)13-17/h4-5,12H,6-11H2,1-3H3. The highest BCUT2D eigenvalue weighted by molar-refractivity contribution is 5.62. The summed E-state index contributed by atoms with van der Waals surface area (Å²) >= 11 is 0. The third-order valence-corrected chi connectivity index (χ3v) is 3.90. The first-order valence-corrected chi connectivity index (χ1v) is 7.34. The highest BCUT2D eigenvalue weighted by Crippen LogP contribution is 2.26. The van der Waals surface area contributed by atoms with Gasteiger partial charge in [-0.05, 0) is 26.2 Å². The van der Waals surface area contributed by atoms with Gasteiger partial charge < -0.3 is 14.5 Å². The van der Waals surface area contributed by atoms with Gasteiger partial charge in [0, 0.05) is 45.3 Å². The zero-order valence-electron chi connectivity index (χ0n) is 13.2. The molecule has 0 saturated carbocycles. The first-order valence-electron chi connectivity index (χ1n) is 7.34. The van der Waals surface area contributed by atoms with Gasteiger partial charge >= 0.3 is 0 Å². The maximum Gasteiger partial charge on any atom is 0.121 e. The van der Waals surface area contributed by atoms with Crippen molar-refractivity contribution in [2.45, 2.75) is 0 Å². The Bertz CT molecular complexity index is 501. The molecule has 0 bridgehead atoms. The van der Waals surface area contributed by atoms with Gasteiger partial charge in [-0.15, -0.1) is 0 Å². The van der Waals surface area contributed by atoms with Crippen molar-refractivity contribution in [2.75, 3.05) is 65.4 Å². The normalized spacial score (nSPS) is 16.0. The van der Waals surface area contributed by atoms with E-state index in [1.165, 1.54) is 0 Å². The lowest BCUT2D eigenvalue weighted by atomic mass is 10.1. The van der Waals surface area contributed by atoms with E-state index >= 15 is 0 Å². The molecular weight excluding hydrogens is 264 g/mol. The van der Waals surface area contributed by atoms with E-state index in [2.05, 4.69) is 34.9 Å². The van der Waals surface area contributed by atoms with E-state index < -0.39 is 0 Å². The van der Waals surface area contributed by atoms with Crippen molar-refractivity contribution in [2.24, 2.45) is 0 Å². The predicted octanol–water partition coefficient (Wildman–Crippen LogP) is 1.25. The fourth-order valence-electron chi connectivity index (χ4n) is 2.55. The number of likely N-dealkylation sites (N-methyl/N-ethyl adjacent to an activating group) is 1. The lowest BCUT2D eigenvalue weighted by molar-refractivity contribution is 0.229. The van der Waals surface area contributed by atoms with E-state index in [1.54, 1.807) is 7.11 Å². The van der Waals surface area contributed by atoms with E-state index in [9.17, 15) is 5.26 Å². The Morgan fingerprint density at radius 2 is 1.95 bits per heavy atom. The van der Waals surface area contributed by atoms with Crippen molar-refractivity contribution in [3.8, 4) is 11.8 Å². The summed E-state index contributed by atoms with van der Waals surface area (Å²) in [4.78, 5) is 6.97. The molecule has 21 heavy (non-hydrogen) atoms. The summed E-state index contributed by atoms with van der Waals surface area (Å²) in [6.45, 7) is 6.17. The van der Waals surface area contributed by atoms with Crippen LogP contribution in [-0.4, -0.2) is 70.3 Å². The predicted molar refractivity (Wildman–Crippen MR) is 84.9 cm³/mol. The van der Waals surface area contributed by atoms with Gasteiger partial charge in [-0.1, -0.05) is 0 Å². The van der Waals surface area contributed by atoms with Gasteiger partial charge in [-0.3, -0.25) is 4.90 Å². The van der Waals surface area contributed by atoms with Crippen molar-refractivity contribution >= 4 is 5.69 Å². The number of nitrogens with zero attached hydrogens (tertiary/aromatic N) is 4. The molecule has 0 N–H and O–H groups in total. The van der Waals surface area contributed by atoms with Crippen LogP contribution >= 0.6 is 0 Å². The molecule has 1 heterocycles. The molecule has 0 aromatic heterocycles. The lowest BCUT2D eigenvalue weighted by Gasteiger charge is -2.36. The van der Waals surface area contributed by atoms with Gasteiger partial charge in [0.1, 0.15) is 11.8 Å². The molecule has 1 saturated heterocycles. The fourth-order valence-corrected chi connectivity index (χ4v) is 2.55. The summed E-state index contributed by atoms with van der Waals surface area (Å²) < 4.78 is 5.28. The maximum atomic E-state index is 9.28. The third kappa shape index (κ3) is 4.10. The van der Waals surface area contributed by atoms with Crippen molar-refractivity contribution in [1.29, 1.82) is 5.26 Å². The quantitative estimate of drug-likeness (QED) is 0.816. The average molecular weight is 288 g/mol. The molecule has 0 aliphatic carbocycles. The molecule has 0 radical (unpaired) electrons. The van der Waals surface area contributed by atoms with Crippen LogP contribution < -0.4 is 9.64 Å². The second-order valence-corrected chi connectivity index (χ2v) is 5.63. The zero-order valence-corrected chi connectivity index (χ0v) is 13.2. The molecule has 1 aliphatic rings. The van der Waals surface area contributed by atoms with E-state index in [0.717, 1.165) is 56.3 Å². The molecule has 114 valence electrons. The molecule has 5 nitrogen and oxygen atoms in total. The second kappa shape index (κ2) is 7.30. The van der Waals surface area contributed by atoms with Gasteiger partial charge in [-0.25, -0.2) is 0 Å². The number of benzene rings is 1. The van der Waals surface area contributed by atoms with Crippen LogP contribution in [0.25, 0.3) is 0 Å². The summed E-state index contributed by atoms with van der Waals surface area (Å²) in [5.41, 5.74) is 1.71. The van der Waals surface area contributed by atoms with Crippen LogP contribution in [0.5, 0.6) is 5.75 Å². The Balaban J connectivity index is 2.00. The zero-order chi connectivity index (χ0) is 15.2. The molecular formula is C16H24N4O. The summed E-state index contributed by atoms with van der Waals surface area (Å²) in [5, 5.41) is 9.28. The molecule has 0 spiro atoms. The molecule has 0 amide bonds. The Hall–Kier alpha value is -1.77. The van der Waals surface area contributed by atoms with Crippen molar-refractivity contribution in [3.63, 3.8) is 0 Å². The number of hydrogen-bond donors (Lipinski definition) is 0. The molecule has 5 heteroatoms. The van der Waals surface area contributed by atoms with Crippen molar-refractivity contribution in [3.05, 3.63) is 23.8 Å². The van der Waals surface area contributed by atoms with Gasteiger partial charge in [0.2, 0.25) is 0 Å². The first kappa shape index (κ1) is 15.6. The number of anilines is 1. The van der Waals surface area contributed by atoms with E-state index in [0.29, 0.717) is 0 Å². The molecule has 2 rings (SSSR count). The van der Waals surface area contributed by atoms with Crippen LogP contribution in [0.2, 0.25) is 0 Å². The Labute approximate surface area is 127 Å². The topological polar surface area (TPSA) is 42.7 Å². The number of nitriles is 1. The average Bonchev–Trinajstić information content (AvgIpc) is 2.52. The Morgan fingerprint density at radius 3 is 2.52 bits per heavy atom. The Kier molecular flexibility index (Phi) is 5.43. The fraction of sp³-hybridized carbons (Fsp3) is 0.562. The van der Waals surface area contributed by atoms with Gasteiger partial charge in [0.25, 0.3) is 0 Å². The highest BCUT2D eigenvalue weighted by atomic mass is 16.5. The van der Waals surface area contributed by atoms with Crippen molar-refractivity contribution < 1.29 is 4.74 Å². The van der Waals surface area contributed by atoms with Crippen LogP contribution in [0.1, 0.15) is 5.56 Å². The number of piperazine rings is 1. The first-order chi connectivity index (χ1) is 10.1. The number of hydrogen-bond acceptors (Lipinski definition) is 5. The van der Waals surface area contributed by atoms with E-state index in [4.69, 9.17) is 4.74 Å². The molecule has 1 fully saturated rings. The summed E-state index contributed by atoms with van der Waals surface area (Å²) in [7, 11) is 5.86. The number of ether oxygens (including phenoxy) is 1. The van der Waals surface area contributed by atoms with Crippen LogP contribution in [0.15, 0.2) is 18.2 Å². The van der Waals surface area contributed by atoms with Crippen molar-refractivity contribution in [1.82, 2.24) is 9.80 Å². The maximum absolute atomic E-state index is 9.28. The molecule has 1 aromatic carbocycles. The van der Waals surface area contributed by atoms with E-state index in [1.807, 2.05) is 18.2 Å². The van der Waals surface area contributed by atoms with Crippen LogP contribution in [0.4, 0.5) is 5.69 Å². The minimum absolute atomic E-state index is 0.720. The number of methoxy groups -OCH3 is 1. The lowest BCUT2D eigenvalue weighted by Crippen LogP contribution is -2.48. The SMILES string of the molecule is COc1ccc(C#N)c(N2CCN(CCN(C)C)CC2)c1. The van der Waals surface area contributed by atoms with Crippen LogP contribution in [0.3, 0.4) is 0 Å².